The Kier molecular flexibility index (Phi) is 5.18. The molecule has 1 unspecified atom stereocenters. The summed E-state index contributed by atoms with van der Waals surface area (Å²) in [7, 11) is 0. The summed E-state index contributed by atoms with van der Waals surface area (Å²) in [6.45, 7) is 7.94. The Bertz CT molecular complexity index is 742. The number of hydrogen-bond acceptors (Lipinski definition) is 5. The predicted octanol–water partition coefficient (Wildman–Crippen LogP) is 3.12. The maximum Gasteiger partial charge on any atom is 0.410 e. The third kappa shape index (κ3) is 4.66. The van der Waals surface area contributed by atoms with E-state index in [-0.39, 0.29) is 12.1 Å². The Balaban J connectivity index is 1.54. The molecule has 134 valence electrons. The van der Waals surface area contributed by atoms with Gasteiger partial charge >= 0.3 is 6.09 Å². The van der Waals surface area contributed by atoms with E-state index in [4.69, 9.17) is 4.74 Å². The van der Waals surface area contributed by atoms with Gasteiger partial charge in [-0.15, -0.1) is 0 Å². The van der Waals surface area contributed by atoms with Gasteiger partial charge < -0.3 is 15.0 Å². The van der Waals surface area contributed by atoms with Crippen molar-refractivity contribution in [2.75, 3.05) is 13.1 Å². The molecular weight excluding hydrogens is 316 g/mol. The fourth-order valence-electron chi connectivity index (χ4n) is 3.10. The highest BCUT2D eigenvalue weighted by Gasteiger charge is 2.31. The van der Waals surface area contributed by atoms with Crippen molar-refractivity contribution in [3.05, 3.63) is 36.2 Å². The topological polar surface area (TPSA) is 67.3 Å². The molecule has 1 atom stereocenters. The van der Waals surface area contributed by atoms with E-state index in [1.807, 2.05) is 44.0 Å². The van der Waals surface area contributed by atoms with Crippen LogP contribution in [-0.2, 0) is 11.3 Å². The first kappa shape index (κ1) is 17.6. The van der Waals surface area contributed by atoms with Gasteiger partial charge in [0.2, 0.25) is 0 Å². The van der Waals surface area contributed by atoms with E-state index in [1.54, 1.807) is 6.20 Å². The van der Waals surface area contributed by atoms with E-state index >= 15 is 0 Å². The maximum atomic E-state index is 12.3. The fourth-order valence-corrected chi connectivity index (χ4v) is 3.10. The van der Waals surface area contributed by atoms with Gasteiger partial charge in [-0.3, -0.25) is 0 Å². The Morgan fingerprint density at radius 2 is 2.24 bits per heavy atom. The second-order valence-corrected chi connectivity index (χ2v) is 7.49. The zero-order valence-corrected chi connectivity index (χ0v) is 15.2. The van der Waals surface area contributed by atoms with Gasteiger partial charge in [-0.2, -0.15) is 0 Å². The summed E-state index contributed by atoms with van der Waals surface area (Å²) < 4.78 is 5.51. The molecule has 1 saturated heterocycles. The predicted molar refractivity (Wildman–Crippen MR) is 97.2 cm³/mol. The molecule has 1 N–H and O–H groups in total. The number of carbonyl (C=O) groups excluding carboxylic acids is 1. The van der Waals surface area contributed by atoms with Crippen LogP contribution in [0, 0.1) is 0 Å². The summed E-state index contributed by atoms with van der Waals surface area (Å²) >= 11 is 0. The monoisotopic (exact) mass is 342 g/mol. The standard InChI is InChI=1S/C19H26N4O2/c1-19(2,3)25-18(24)23-9-5-7-16(23)13-20-11-14-10-15-6-4-8-21-17(15)22-12-14/h4,6,8,10,12,16,20H,5,7,9,11,13H2,1-3H3. The van der Waals surface area contributed by atoms with E-state index in [0.717, 1.165) is 49.1 Å². The van der Waals surface area contributed by atoms with Crippen LogP contribution >= 0.6 is 0 Å². The van der Waals surface area contributed by atoms with E-state index < -0.39 is 5.60 Å². The van der Waals surface area contributed by atoms with Crippen LogP contribution in [-0.4, -0.2) is 45.7 Å². The second kappa shape index (κ2) is 7.35. The maximum absolute atomic E-state index is 12.3. The molecule has 0 aromatic carbocycles. The van der Waals surface area contributed by atoms with E-state index in [1.165, 1.54) is 0 Å². The molecule has 3 rings (SSSR count). The van der Waals surface area contributed by atoms with Crippen LogP contribution in [0.1, 0.15) is 39.2 Å². The number of amides is 1. The van der Waals surface area contributed by atoms with E-state index in [0.29, 0.717) is 0 Å². The molecule has 3 heterocycles. The lowest BCUT2D eigenvalue weighted by atomic mass is 10.2. The first-order chi connectivity index (χ1) is 11.9. The molecule has 1 aliphatic rings. The lowest BCUT2D eigenvalue weighted by molar-refractivity contribution is 0.0226. The minimum Gasteiger partial charge on any atom is -0.444 e. The molecule has 0 spiro atoms. The average molecular weight is 342 g/mol. The molecule has 0 aliphatic carbocycles. The third-order valence-electron chi connectivity index (χ3n) is 4.22. The SMILES string of the molecule is CC(C)(C)OC(=O)N1CCCC1CNCc1cnc2ncccc2c1. The summed E-state index contributed by atoms with van der Waals surface area (Å²) in [5.74, 6) is 0. The van der Waals surface area contributed by atoms with Crippen molar-refractivity contribution in [3.8, 4) is 0 Å². The zero-order valence-electron chi connectivity index (χ0n) is 15.2. The van der Waals surface area contributed by atoms with Crippen LogP contribution in [0.5, 0.6) is 0 Å². The van der Waals surface area contributed by atoms with Crippen LogP contribution < -0.4 is 5.32 Å². The normalized spacial score (nSPS) is 17.9. The number of pyridine rings is 2. The van der Waals surface area contributed by atoms with Crippen molar-refractivity contribution in [1.29, 1.82) is 0 Å². The number of nitrogens with zero attached hydrogens (tertiary/aromatic N) is 3. The minimum atomic E-state index is -0.456. The molecule has 2 aromatic heterocycles. The number of rotatable bonds is 4. The van der Waals surface area contributed by atoms with Crippen molar-refractivity contribution < 1.29 is 9.53 Å². The average Bonchev–Trinajstić information content (AvgIpc) is 3.02. The zero-order chi connectivity index (χ0) is 17.9. The molecule has 0 saturated carbocycles. The molecule has 1 aliphatic heterocycles. The van der Waals surface area contributed by atoms with E-state index in [9.17, 15) is 4.79 Å². The van der Waals surface area contributed by atoms with Crippen molar-refractivity contribution in [1.82, 2.24) is 20.2 Å². The smallest absolute Gasteiger partial charge is 0.410 e. The first-order valence-electron chi connectivity index (χ1n) is 8.82. The lowest BCUT2D eigenvalue weighted by Gasteiger charge is -2.28. The number of likely N-dealkylation sites (tertiary alicyclic amines) is 1. The summed E-state index contributed by atoms with van der Waals surface area (Å²) in [5, 5.41) is 4.49. The molecule has 1 fully saturated rings. The molecule has 25 heavy (non-hydrogen) atoms. The lowest BCUT2D eigenvalue weighted by Crippen LogP contribution is -2.44. The molecule has 1 amide bonds. The molecular formula is C19H26N4O2. The summed E-state index contributed by atoms with van der Waals surface area (Å²) in [6, 6.07) is 6.21. The van der Waals surface area contributed by atoms with Crippen molar-refractivity contribution in [3.63, 3.8) is 0 Å². The van der Waals surface area contributed by atoms with Crippen LogP contribution in [0.4, 0.5) is 4.79 Å². The Morgan fingerprint density at radius 1 is 1.40 bits per heavy atom. The van der Waals surface area contributed by atoms with Gasteiger partial charge in [0.05, 0.1) is 0 Å². The van der Waals surface area contributed by atoms with Crippen molar-refractivity contribution in [2.24, 2.45) is 0 Å². The molecule has 6 nitrogen and oxygen atoms in total. The van der Waals surface area contributed by atoms with Crippen molar-refractivity contribution in [2.45, 2.75) is 51.8 Å². The van der Waals surface area contributed by atoms with Crippen LogP contribution in [0.15, 0.2) is 30.6 Å². The first-order valence-corrected chi connectivity index (χ1v) is 8.82. The molecule has 2 aromatic rings. The molecule has 6 heteroatoms. The highest BCUT2D eigenvalue weighted by molar-refractivity contribution is 5.74. The van der Waals surface area contributed by atoms with Gasteiger partial charge in [0.25, 0.3) is 0 Å². The second-order valence-electron chi connectivity index (χ2n) is 7.49. The van der Waals surface area contributed by atoms with E-state index in [2.05, 4.69) is 21.4 Å². The highest BCUT2D eigenvalue weighted by atomic mass is 16.6. The van der Waals surface area contributed by atoms with Crippen LogP contribution in [0.2, 0.25) is 0 Å². The van der Waals surface area contributed by atoms with Crippen LogP contribution in [0.25, 0.3) is 11.0 Å². The van der Waals surface area contributed by atoms with Gasteiger partial charge in [-0.25, -0.2) is 14.8 Å². The summed E-state index contributed by atoms with van der Waals surface area (Å²) in [6.07, 6.45) is 5.41. The number of carbonyl (C=O) groups is 1. The quantitative estimate of drug-likeness (QED) is 0.925. The van der Waals surface area contributed by atoms with Crippen LogP contribution in [0.3, 0.4) is 0 Å². The highest BCUT2D eigenvalue weighted by Crippen LogP contribution is 2.20. The Hall–Kier alpha value is -2.21. The Labute approximate surface area is 148 Å². The third-order valence-corrected chi connectivity index (χ3v) is 4.22. The van der Waals surface area contributed by atoms with Gasteiger partial charge in [-0.1, -0.05) is 0 Å². The Morgan fingerprint density at radius 3 is 3.04 bits per heavy atom. The summed E-state index contributed by atoms with van der Waals surface area (Å²) in [4.78, 5) is 22.8. The van der Waals surface area contributed by atoms with Gasteiger partial charge in [0.15, 0.2) is 5.65 Å². The van der Waals surface area contributed by atoms with Gasteiger partial charge in [0, 0.05) is 43.5 Å². The molecule has 0 bridgehead atoms. The van der Waals surface area contributed by atoms with Gasteiger partial charge in [-0.05, 0) is 57.4 Å². The number of aromatic nitrogens is 2. The minimum absolute atomic E-state index is 0.185. The summed E-state index contributed by atoms with van der Waals surface area (Å²) in [5.41, 5.74) is 1.42. The fraction of sp³-hybridized carbons (Fsp3) is 0.526. The number of nitrogens with one attached hydrogen (secondary N) is 1. The van der Waals surface area contributed by atoms with Crippen molar-refractivity contribution >= 4 is 17.1 Å². The van der Waals surface area contributed by atoms with Gasteiger partial charge in [0.1, 0.15) is 5.60 Å². The molecule has 0 radical (unpaired) electrons. The number of hydrogen-bond donors (Lipinski definition) is 1. The number of fused-ring (bicyclic) bond motifs is 1. The largest absolute Gasteiger partial charge is 0.444 e. The number of ether oxygens (including phenoxy) is 1.